The number of carbonyl (C=O) groups is 1. The lowest BCUT2D eigenvalue weighted by Gasteiger charge is -2.18. The maximum absolute atomic E-state index is 14.5. The van der Waals surface area contributed by atoms with Gasteiger partial charge in [0.1, 0.15) is 5.82 Å². The number of hydrogen-bond acceptors (Lipinski definition) is 4. The third-order valence-corrected chi connectivity index (χ3v) is 5.54. The number of thioether (sulfide) groups is 1. The van der Waals surface area contributed by atoms with Crippen molar-refractivity contribution in [3.63, 3.8) is 0 Å². The van der Waals surface area contributed by atoms with Crippen molar-refractivity contribution in [2.24, 2.45) is 4.99 Å². The lowest BCUT2D eigenvalue weighted by Crippen LogP contribution is -2.19. The first kappa shape index (κ1) is 17.8. The first-order valence-electron chi connectivity index (χ1n) is 8.99. The van der Waals surface area contributed by atoms with Crippen LogP contribution in [-0.4, -0.2) is 24.2 Å². The van der Waals surface area contributed by atoms with E-state index in [0.29, 0.717) is 21.3 Å². The number of amides is 1. The van der Waals surface area contributed by atoms with Crippen LogP contribution in [0.4, 0.5) is 15.8 Å². The molecule has 2 saturated heterocycles. The number of nitrogens with zero attached hydrogens (tertiary/aromatic N) is 2. The van der Waals surface area contributed by atoms with Gasteiger partial charge in [0.2, 0.25) is 0 Å². The van der Waals surface area contributed by atoms with Gasteiger partial charge in [-0.3, -0.25) is 4.79 Å². The fraction of sp³-hybridized carbons (Fsp3) is 0.238. The minimum atomic E-state index is -0.247. The van der Waals surface area contributed by atoms with E-state index in [0.717, 1.165) is 37.2 Å². The molecule has 2 aliphatic rings. The molecule has 1 amide bonds. The zero-order valence-corrected chi connectivity index (χ0v) is 15.9. The second-order valence-corrected chi connectivity index (χ2v) is 7.75. The Labute approximate surface area is 162 Å². The van der Waals surface area contributed by atoms with E-state index in [2.05, 4.69) is 15.2 Å². The predicted molar refractivity (Wildman–Crippen MR) is 110 cm³/mol. The van der Waals surface area contributed by atoms with Gasteiger partial charge < -0.3 is 10.2 Å². The number of nitrogens with one attached hydrogen (secondary N) is 1. The molecular weight excluding hydrogens is 361 g/mol. The molecule has 0 unspecified atom stereocenters. The normalized spacial score (nSPS) is 19.9. The molecule has 1 N–H and O–H groups in total. The van der Waals surface area contributed by atoms with Crippen LogP contribution in [0.15, 0.2) is 52.4 Å². The van der Waals surface area contributed by atoms with Gasteiger partial charge in [0.25, 0.3) is 5.91 Å². The van der Waals surface area contributed by atoms with E-state index in [1.54, 1.807) is 12.1 Å². The first-order chi connectivity index (χ1) is 13.1. The van der Waals surface area contributed by atoms with Crippen LogP contribution in [0.25, 0.3) is 6.08 Å². The third-order valence-electron chi connectivity index (χ3n) is 4.63. The molecule has 27 heavy (non-hydrogen) atoms. The van der Waals surface area contributed by atoms with Crippen LogP contribution in [0.3, 0.4) is 0 Å². The zero-order valence-electron chi connectivity index (χ0n) is 15.0. The van der Waals surface area contributed by atoms with E-state index in [1.807, 2.05) is 37.3 Å². The summed E-state index contributed by atoms with van der Waals surface area (Å²) in [6, 6.07) is 12.9. The molecule has 2 fully saturated rings. The van der Waals surface area contributed by atoms with Gasteiger partial charge >= 0.3 is 0 Å². The Morgan fingerprint density at radius 1 is 1.15 bits per heavy atom. The zero-order chi connectivity index (χ0) is 18.8. The quantitative estimate of drug-likeness (QED) is 0.789. The topological polar surface area (TPSA) is 44.7 Å². The number of halogens is 1. The summed E-state index contributed by atoms with van der Waals surface area (Å²) in [6.45, 7) is 3.81. The van der Waals surface area contributed by atoms with Crippen LogP contribution in [0.2, 0.25) is 0 Å². The number of rotatable bonds is 3. The summed E-state index contributed by atoms with van der Waals surface area (Å²) >= 11 is 1.27. The van der Waals surface area contributed by atoms with Crippen molar-refractivity contribution >= 4 is 40.3 Å². The Morgan fingerprint density at radius 2 is 1.89 bits per heavy atom. The fourth-order valence-corrected chi connectivity index (χ4v) is 4.04. The van der Waals surface area contributed by atoms with Crippen molar-refractivity contribution in [3.05, 3.63) is 64.3 Å². The second-order valence-electron chi connectivity index (χ2n) is 6.72. The van der Waals surface area contributed by atoms with Crippen LogP contribution < -0.4 is 10.2 Å². The summed E-state index contributed by atoms with van der Waals surface area (Å²) in [5.41, 5.74) is 3.25. The molecule has 2 aromatic carbocycles. The van der Waals surface area contributed by atoms with Crippen molar-refractivity contribution in [2.45, 2.75) is 19.8 Å². The lowest BCUT2D eigenvalue weighted by molar-refractivity contribution is -0.115. The van der Waals surface area contributed by atoms with Crippen LogP contribution in [0.1, 0.15) is 24.0 Å². The molecule has 0 bridgehead atoms. The molecule has 2 aromatic rings. The molecule has 2 aliphatic heterocycles. The molecular formula is C21H20FN3OS. The molecule has 0 atom stereocenters. The Bertz CT molecular complexity index is 931. The average molecular weight is 381 g/mol. The Kier molecular flexibility index (Phi) is 4.99. The van der Waals surface area contributed by atoms with Crippen molar-refractivity contribution in [1.29, 1.82) is 0 Å². The molecule has 0 saturated carbocycles. The van der Waals surface area contributed by atoms with Gasteiger partial charge in [0.05, 0.1) is 16.3 Å². The van der Waals surface area contributed by atoms with Gasteiger partial charge in [0.15, 0.2) is 5.17 Å². The van der Waals surface area contributed by atoms with E-state index < -0.39 is 0 Å². The van der Waals surface area contributed by atoms with E-state index in [9.17, 15) is 9.18 Å². The van der Waals surface area contributed by atoms with Crippen LogP contribution in [0.5, 0.6) is 0 Å². The van der Waals surface area contributed by atoms with Crippen molar-refractivity contribution < 1.29 is 9.18 Å². The Morgan fingerprint density at radius 3 is 2.59 bits per heavy atom. The monoisotopic (exact) mass is 381 g/mol. The van der Waals surface area contributed by atoms with Crippen molar-refractivity contribution in [1.82, 2.24) is 5.32 Å². The molecule has 0 aliphatic carbocycles. The summed E-state index contributed by atoms with van der Waals surface area (Å²) in [7, 11) is 0. The summed E-state index contributed by atoms with van der Waals surface area (Å²) in [6.07, 6.45) is 3.91. The minimum absolute atomic E-state index is 0.213. The Hall–Kier alpha value is -2.60. The van der Waals surface area contributed by atoms with E-state index in [1.165, 1.54) is 17.8 Å². The summed E-state index contributed by atoms with van der Waals surface area (Å²) in [4.78, 5) is 19.2. The van der Waals surface area contributed by atoms with Gasteiger partial charge in [-0.1, -0.05) is 23.8 Å². The minimum Gasteiger partial charge on any atom is -0.369 e. The number of anilines is 1. The molecule has 0 spiro atoms. The second kappa shape index (κ2) is 7.56. The van der Waals surface area contributed by atoms with Crippen LogP contribution >= 0.6 is 11.8 Å². The highest BCUT2D eigenvalue weighted by Gasteiger charge is 2.24. The molecule has 4 nitrogen and oxygen atoms in total. The number of carbonyl (C=O) groups excluding carboxylic acids is 1. The lowest BCUT2D eigenvalue weighted by atomic mass is 10.1. The Balaban J connectivity index is 1.52. The van der Waals surface area contributed by atoms with Gasteiger partial charge in [-0.15, -0.1) is 0 Å². The SMILES string of the molecule is Cc1ccc(N=C2NC(=O)/C(=C/c3ccc(N4CCCC4)c(F)c3)S2)cc1. The molecule has 2 heterocycles. The third kappa shape index (κ3) is 4.06. The highest BCUT2D eigenvalue weighted by atomic mass is 32.2. The standard InChI is InChI=1S/C21H20FN3OS/c1-14-4-7-16(8-5-14)23-21-24-20(26)19(27-21)13-15-6-9-18(17(22)12-15)25-10-2-3-11-25/h4-9,12-13H,2-3,10-11H2,1H3,(H,23,24,26)/b19-13-. The van der Waals surface area contributed by atoms with Gasteiger partial charge in [0, 0.05) is 13.1 Å². The van der Waals surface area contributed by atoms with Gasteiger partial charge in [-0.2, -0.15) is 0 Å². The fourth-order valence-electron chi connectivity index (χ4n) is 3.20. The number of hydrogen-bond donors (Lipinski definition) is 1. The predicted octanol–water partition coefficient (Wildman–Crippen LogP) is 4.63. The maximum atomic E-state index is 14.5. The summed E-state index contributed by atoms with van der Waals surface area (Å²) in [5, 5.41) is 3.29. The summed E-state index contributed by atoms with van der Waals surface area (Å²) in [5.74, 6) is -0.460. The maximum Gasteiger partial charge on any atom is 0.264 e. The molecule has 138 valence electrons. The number of aryl methyl sites for hydroxylation is 1. The highest BCUT2D eigenvalue weighted by Crippen LogP contribution is 2.30. The average Bonchev–Trinajstić information content (AvgIpc) is 3.28. The number of amidine groups is 1. The largest absolute Gasteiger partial charge is 0.369 e. The molecule has 6 heteroatoms. The number of aliphatic imine (C=N–C) groups is 1. The number of benzene rings is 2. The smallest absolute Gasteiger partial charge is 0.264 e. The van der Waals surface area contributed by atoms with Crippen LogP contribution in [-0.2, 0) is 4.79 Å². The van der Waals surface area contributed by atoms with Gasteiger partial charge in [-0.05, 0) is 67.4 Å². The summed E-state index contributed by atoms with van der Waals surface area (Å²) < 4.78 is 14.5. The van der Waals surface area contributed by atoms with E-state index in [-0.39, 0.29) is 11.7 Å². The molecule has 0 radical (unpaired) electrons. The molecule has 4 rings (SSSR count). The highest BCUT2D eigenvalue weighted by molar-refractivity contribution is 8.18. The first-order valence-corrected chi connectivity index (χ1v) is 9.81. The van der Waals surface area contributed by atoms with E-state index in [4.69, 9.17) is 0 Å². The van der Waals surface area contributed by atoms with Crippen molar-refractivity contribution in [2.75, 3.05) is 18.0 Å². The van der Waals surface area contributed by atoms with Crippen LogP contribution in [0, 0.1) is 12.7 Å². The van der Waals surface area contributed by atoms with E-state index >= 15 is 0 Å². The molecule has 0 aromatic heterocycles. The van der Waals surface area contributed by atoms with Crippen molar-refractivity contribution in [3.8, 4) is 0 Å². The van der Waals surface area contributed by atoms with Gasteiger partial charge in [-0.25, -0.2) is 9.38 Å².